The van der Waals surface area contributed by atoms with Crippen LogP contribution in [0.2, 0.25) is 0 Å². The molecule has 0 radical (unpaired) electrons. The minimum Gasteiger partial charge on any atom is -0.469 e. The lowest BCUT2D eigenvalue weighted by molar-refractivity contribution is -0.149. The Kier molecular flexibility index (Phi) is 3.12. The van der Waals surface area contributed by atoms with E-state index < -0.39 is 5.60 Å². The zero-order valence-electron chi connectivity index (χ0n) is 8.49. The van der Waals surface area contributed by atoms with E-state index in [1.807, 2.05) is 6.07 Å². The second-order valence-corrected chi connectivity index (χ2v) is 3.93. The Labute approximate surface area is 83.5 Å². The zero-order chi connectivity index (χ0) is 10.8. The van der Waals surface area contributed by atoms with Crippen LogP contribution in [0.3, 0.4) is 0 Å². The van der Waals surface area contributed by atoms with Crippen LogP contribution < -0.4 is 0 Å². The van der Waals surface area contributed by atoms with Gasteiger partial charge in [-0.15, -0.1) is 0 Å². The van der Waals surface area contributed by atoms with Gasteiger partial charge < -0.3 is 9.84 Å². The third-order valence-corrected chi connectivity index (χ3v) is 3.06. The van der Waals surface area contributed by atoms with Crippen molar-refractivity contribution in [1.29, 1.82) is 5.26 Å². The van der Waals surface area contributed by atoms with Crippen LogP contribution in [0.25, 0.3) is 0 Å². The van der Waals surface area contributed by atoms with Crippen molar-refractivity contribution >= 4 is 5.97 Å². The molecular weight excluding hydrogens is 182 g/mol. The van der Waals surface area contributed by atoms with Crippen LogP contribution >= 0.6 is 0 Å². The minimum atomic E-state index is -1.26. The summed E-state index contributed by atoms with van der Waals surface area (Å²) in [6.45, 7) is 1.79. The Morgan fingerprint density at radius 3 is 2.79 bits per heavy atom. The molecule has 14 heavy (non-hydrogen) atoms. The summed E-state index contributed by atoms with van der Waals surface area (Å²) in [5.74, 6) is -0.578. The van der Waals surface area contributed by atoms with Gasteiger partial charge in [0.05, 0.1) is 19.1 Å². The topological polar surface area (TPSA) is 70.3 Å². The summed E-state index contributed by atoms with van der Waals surface area (Å²) in [4.78, 5) is 11.2. The SMILES string of the molecule is COC(=O)C1CCC(O)(C#N)C(C)C1. The monoisotopic (exact) mass is 197 g/mol. The van der Waals surface area contributed by atoms with Crippen LogP contribution in [0.1, 0.15) is 26.2 Å². The minimum absolute atomic E-state index is 0.163. The van der Waals surface area contributed by atoms with Crippen molar-refractivity contribution in [2.75, 3.05) is 7.11 Å². The quantitative estimate of drug-likeness (QED) is 0.499. The zero-order valence-corrected chi connectivity index (χ0v) is 8.49. The molecule has 4 heteroatoms. The van der Waals surface area contributed by atoms with Gasteiger partial charge >= 0.3 is 5.97 Å². The first-order chi connectivity index (χ1) is 6.53. The number of nitriles is 1. The highest BCUT2D eigenvalue weighted by Crippen LogP contribution is 2.36. The number of hydrogen-bond acceptors (Lipinski definition) is 4. The standard InChI is InChI=1S/C10H15NO3/c1-7-5-8(9(12)14-2)3-4-10(7,13)6-11/h7-8,13H,3-5H2,1-2H3. The molecule has 78 valence electrons. The molecule has 1 rings (SSSR count). The van der Waals surface area contributed by atoms with E-state index in [0.29, 0.717) is 19.3 Å². The maximum atomic E-state index is 11.2. The third-order valence-electron chi connectivity index (χ3n) is 3.06. The molecule has 1 aliphatic rings. The highest BCUT2D eigenvalue weighted by molar-refractivity contribution is 5.72. The van der Waals surface area contributed by atoms with Crippen LogP contribution in [0.5, 0.6) is 0 Å². The molecular formula is C10H15NO3. The van der Waals surface area contributed by atoms with Crippen LogP contribution in [-0.4, -0.2) is 23.8 Å². The van der Waals surface area contributed by atoms with Crippen molar-refractivity contribution < 1.29 is 14.6 Å². The first kappa shape index (κ1) is 11.0. The van der Waals surface area contributed by atoms with E-state index in [0.717, 1.165) is 0 Å². The summed E-state index contributed by atoms with van der Waals surface area (Å²) < 4.78 is 4.64. The van der Waals surface area contributed by atoms with E-state index in [1.165, 1.54) is 7.11 Å². The number of esters is 1. The first-order valence-corrected chi connectivity index (χ1v) is 4.75. The molecule has 1 N–H and O–H groups in total. The van der Waals surface area contributed by atoms with Crippen LogP contribution in [0, 0.1) is 23.2 Å². The second-order valence-electron chi connectivity index (χ2n) is 3.93. The molecule has 0 amide bonds. The maximum Gasteiger partial charge on any atom is 0.308 e. The van der Waals surface area contributed by atoms with Gasteiger partial charge in [0.1, 0.15) is 0 Å². The molecule has 0 spiro atoms. The summed E-state index contributed by atoms with van der Waals surface area (Å²) in [6.07, 6.45) is 1.41. The Morgan fingerprint density at radius 2 is 2.36 bits per heavy atom. The van der Waals surface area contributed by atoms with E-state index in [9.17, 15) is 9.90 Å². The number of methoxy groups -OCH3 is 1. The summed E-state index contributed by atoms with van der Waals surface area (Å²) >= 11 is 0. The van der Waals surface area contributed by atoms with Gasteiger partial charge in [-0.2, -0.15) is 5.26 Å². The van der Waals surface area contributed by atoms with E-state index in [-0.39, 0.29) is 17.8 Å². The molecule has 0 heterocycles. The molecule has 0 aromatic rings. The number of nitrogens with zero attached hydrogens (tertiary/aromatic N) is 1. The average molecular weight is 197 g/mol. The Balaban J connectivity index is 2.65. The van der Waals surface area contributed by atoms with Crippen LogP contribution in [0.4, 0.5) is 0 Å². The fraction of sp³-hybridized carbons (Fsp3) is 0.800. The highest BCUT2D eigenvalue weighted by Gasteiger charge is 2.42. The largest absolute Gasteiger partial charge is 0.469 e. The first-order valence-electron chi connectivity index (χ1n) is 4.75. The fourth-order valence-electron chi connectivity index (χ4n) is 1.93. The number of rotatable bonds is 1. The van der Waals surface area contributed by atoms with Gasteiger partial charge in [0.15, 0.2) is 5.60 Å². The molecule has 0 aromatic heterocycles. The normalized spacial score (nSPS) is 37.3. The number of carbonyl (C=O) groups excluding carboxylic acids is 1. The number of aliphatic hydroxyl groups is 1. The van der Waals surface area contributed by atoms with Crippen molar-refractivity contribution in [3.8, 4) is 6.07 Å². The van der Waals surface area contributed by atoms with E-state index in [1.54, 1.807) is 6.92 Å². The molecule has 0 aromatic carbocycles. The highest BCUT2D eigenvalue weighted by atomic mass is 16.5. The van der Waals surface area contributed by atoms with Crippen molar-refractivity contribution in [3.05, 3.63) is 0 Å². The lowest BCUT2D eigenvalue weighted by Crippen LogP contribution is -2.42. The predicted molar refractivity (Wildman–Crippen MR) is 49.1 cm³/mol. The molecule has 0 saturated heterocycles. The summed E-state index contributed by atoms with van der Waals surface area (Å²) in [5.41, 5.74) is -1.26. The molecule has 1 fully saturated rings. The Hall–Kier alpha value is -1.08. The van der Waals surface area contributed by atoms with Gasteiger partial charge in [0.25, 0.3) is 0 Å². The molecule has 3 atom stereocenters. The average Bonchev–Trinajstić information content (AvgIpc) is 2.21. The van der Waals surface area contributed by atoms with Crippen molar-refractivity contribution in [3.63, 3.8) is 0 Å². The Morgan fingerprint density at radius 1 is 1.71 bits per heavy atom. The molecule has 0 bridgehead atoms. The molecule has 3 unspecified atom stereocenters. The van der Waals surface area contributed by atoms with Crippen molar-refractivity contribution in [1.82, 2.24) is 0 Å². The van der Waals surface area contributed by atoms with Gasteiger partial charge in [-0.25, -0.2) is 0 Å². The van der Waals surface area contributed by atoms with Crippen LogP contribution in [0.15, 0.2) is 0 Å². The van der Waals surface area contributed by atoms with Crippen molar-refractivity contribution in [2.45, 2.75) is 31.8 Å². The number of carbonyl (C=O) groups is 1. The van der Waals surface area contributed by atoms with Gasteiger partial charge in [-0.3, -0.25) is 4.79 Å². The molecule has 1 saturated carbocycles. The summed E-state index contributed by atoms with van der Waals surface area (Å²) in [5, 5.41) is 18.6. The molecule has 0 aliphatic heterocycles. The summed E-state index contributed by atoms with van der Waals surface area (Å²) in [6, 6.07) is 1.91. The maximum absolute atomic E-state index is 11.2. The van der Waals surface area contributed by atoms with Crippen molar-refractivity contribution in [2.24, 2.45) is 11.8 Å². The number of ether oxygens (including phenoxy) is 1. The Bertz CT molecular complexity index is 271. The van der Waals surface area contributed by atoms with Gasteiger partial charge in [0, 0.05) is 0 Å². The molecule has 1 aliphatic carbocycles. The lowest BCUT2D eigenvalue weighted by atomic mass is 9.72. The van der Waals surface area contributed by atoms with E-state index in [4.69, 9.17) is 5.26 Å². The third kappa shape index (κ3) is 1.88. The van der Waals surface area contributed by atoms with E-state index in [2.05, 4.69) is 4.74 Å². The smallest absolute Gasteiger partial charge is 0.308 e. The van der Waals surface area contributed by atoms with Gasteiger partial charge in [-0.05, 0) is 25.2 Å². The van der Waals surface area contributed by atoms with Gasteiger partial charge in [0.2, 0.25) is 0 Å². The number of hydrogen-bond donors (Lipinski definition) is 1. The van der Waals surface area contributed by atoms with Gasteiger partial charge in [-0.1, -0.05) is 6.92 Å². The summed E-state index contributed by atoms with van der Waals surface area (Å²) in [7, 11) is 1.36. The van der Waals surface area contributed by atoms with E-state index >= 15 is 0 Å². The molecule has 4 nitrogen and oxygen atoms in total. The van der Waals surface area contributed by atoms with Crippen LogP contribution in [-0.2, 0) is 9.53 Å². The fourth-order valence-corrected chi connectivity index (χ4v) is 1.93. The second kappa shape index (κ2) is 3.97. The lowest BCUT2D eigenvalue weighted by Gasteiger charge is -2.35. The predicted octanol–water partition coefficient (Wildman–Crippen LogP) is 0.850.